The Hall–Kier alpha value is -2.52. The molecular weight excluding hydrogens is 406 g/mol. The molecule has 27 heavy (non-hydrogen) atoms. The highest BCUT2D eigenvalue weighted by atomic mass is 35.5. The first kappa shape index (κ1) is 17.9. The number of aromatic nitrogens is 2. The second-order valence-electron chi connectivity index (χ2n) is 5.79. The largest absolute Gasteiger partial charge is 0.305 e. The van der Waals surface area contributed by atoms with Gasteiger partial charge in [0, 0.05) is 21.0 Å². The van der Waals surface area contributed by atoms with E-state index in [9.17, 15) is 13.2 Å². The van der Waals surface area contributed by atoms with Crippen LogP contribution >= 0.6 is 22.9 Å². The maximum absolute atomic E-state index is 12.5. The van der Waals surface area contributed by atoms with Crippen molar-refractivity contribution in [3.63, 3.8) is 0 Å². The number of nitrogens with two attached hydrogens (primary N) is 1. The average molecular weight is 418 g/mol. The van der Waals surface area contributed by atoms with Crippen molar-refractivity contribution in [2.75, 3.05) is 0 Å². The van der Waals surface area contributed by atoms with Gasteiger partial charge in [0.05, 0.1) is 10.4 Å². The van der Waals surface area contributed by atoms with Crippen molar-refractivity contribution in [2.45, 2.75) is 4.90 Å². The molecule has 0 radical (unpaired) electrons. The Balaban J connectivity index is 1.82. The van der Waals surface area contributed by atoms with E-state index in [1.54, 1.807) is 18.2 Å². The zero-order chi connectivity index (χ0) is 19.2. The van der Waals surface area contributed by atoms with Crippen LogP contribution in [0.4, 0.5) is 0 Å². The molecule has 0 atom stereocenters. The first-order chi connectivity index (χ1) is 12.8. The molecule has 4 aromatic rings. The van der Waals surface area contributed by atoms with Crippen LogP contribution < -0.4 is 10.7 Å². The van der Waals surface area contributed by atoms with E-state index in [0.717, 1.165) is 10.4 Å². The van der Waals surface area contributed by atoms with Gasteiger partial charge in [-0.1, -0.05) is 29.8 Å². The second kappa shape index (κ2) is 6.58. The van der Waals surface area contributed by atoms with Crippen LogP contribution in [0.3, 0.4) is 0 Å². The number of thiophene rings is 1. The summed E-state index contributed by atoms with van der Waals surface area (Å²) in [5.74, 6) is 0.344. The fraction of sp³-hybridized carbons (Fsp3) is 0. The Kier molecular flexibility index (Phi) is 4.35. The van der Waals surface area contributed by atoms with Gasteiger partial charge >= 0.3 is 0 Å². The van der Waals surface area contributed by atoms with Gasteiger partial charge in [-0.15, -0.1) is 11.3 Å². The minimum atomic E-state index is -3.78. The topological polar surface area (TPSA) is 106 Å². The molecular formula is C18H12ClN3O3S2. The zero-order valence-corrected chi connectivity index (χ0v) is 16.0. The molecule has 0 aliphatic rings. The molecule has 9 heteroatoms. The minimum Gasteiger partial charge on any atom is -0.305 e. The van der Waals surface area contributed by atoms with Gasteiger partial charge in [0.2, 0.25) is 10.0 Å². The molecule has 2 aromatic carbocycles. The number of nitrogens with zero attached hydrogens (tertiary/aromatic N) is 1. The maximum Gasteiger partial charge on any atom is 0.269 e. The highest BCUT2D eigenvalue weighted by Gasteiger charge is 2.14. The third-order valence-corrected chi connectivity index (χ3v) is 6.39. The van der Waals surface area contributed by atoms with E-state index >= 15 is 0 Å². The van der Waals surface area contributed by atoms with Gasteiger partial charge < -0.3 is 4.98 Å². The van der Waals surface area contributed by atoms with Gasteiger partial charge in [-0.3, -0.25) is 4.79 Å². The molecule has 0 saturated carbocycles. The van der Waals surface area contributed by atoms with Crippen LogP contribution in [0.1, 0.15) is 0 Å². The predicted molar refractivity (Wildman–Crippen MR) is 107 cm³/mol. The van der Waals surface area contributed by atoms with Gasteiger partial charge in [0.15, 0.2) is 0 Å². The van der Waals surface area contributed by atoms with Crippen molar-refractivity contribution in [3.8, 4) is 21.8 Å². The van der Waals surface area contributed by atoms with Crippen LogP contribution in [0.2, 0.25) is 5.02 Å². The van der Waals surface area contributed by atoms with Gasteiger partial charge in [0.1, 0.15) is 10.5 Å². The Morgan fingerprint density at radius 2 is 1.78 bits per heavy atom. The summed E-state index contributed by atoms with van der Waals surface area (Å²) in [6, 6.07) is 15.0. The molecule has 0 saturated heterocycles. The number of fused-ring (bicyclic) bond motifs is 1. The van der Waals surface area contributed by atoms with Crippen LogP contribution in [-0.4, -0.2) is 18.4 Å². The van der Waals surface area contributed by atoms with Crippen molar-refractivity contribution < 1.29 is 8.42 Å². The number of hydrogen-bond donors (Lipinski definition) is 2. The zero-order valence-electron chi connectivity index (χ0n) is 13.6. The maximum atomic E-state index is 12.5. The van der Waals surface area contributed by atoms with Crippen molar-refractivity contribution in [2.24, 2.45) is 5.14 Å². The fourth-order valence-electron chi connectivity index (χ4n) is 2.67. The van der Waals surface area contributed by atoms with E-state index in [2.05, 4.69) is 9.97 Å². The quantitative estimate of drug-likeness (QED) is 0.530. The minimum absolute atomic E-state index is 0.00814. The number of rotatable bonds is 3. The van der Waals surface area contributed by atoms with E-state index in [0.29, 0.717) is 26.6 Å². The summed E-state index contributed by atoms with van der Waals surface area (Å²) in [6.07, 6.45) is 0. The molecule has 136 valence electrons. The van der Waals surface area contributed by atoms with Crippen molar-refractivity contribution in [1.82, 2.24) is 9.97 Å². The summed E-state index contributed by atoms with van der Waals surface area (Å²) in [4.78, 5) is 20.6. The van der Waals surface area contributed by atoms with Gasteiger partial charge in [-0.05, 0) is 36.4 Å². The summed E-state index contributed by atoms with van der Waals surface area (Å²) < 4.78 is 23.2. The van der Waals surface area contributed by atoms with E-state index < -0.39 is 10.0 Å². The lowest BCUT2D eigenvalue weighted by Crippen LogP contribution is -2.12. The summed E-state index contributed by atoms with van der Waals surface area (Å²) in [6.45, 7) is 0. The molecule has 0 spiro atoms. The number of sulfonamides is 1. The molecule has 0 aliphatic carbocycles. The van der Waals surface area contributed by atoms with E-state index in [1.807, 2.05) is 24.3 Å². The lowest BCUT2D eigenvalue weighted by atomic mass is 10.2. The molecule has 0 unspecified atom stereocenters. The molecule has 2 aromatic heterocycles. The third-order valence-electron chi connectivity index (χ3n) is 3.98. The standard InChI is InChI=1S/C18H12ClN3O3S2/c19-13-4-2-1-3-12(13)15-9-14-16(26-15)18(23)22-17(21-14)10-5-7-11(8-6-10)27(20,24)25/h1-9H,(H2,20,24,25)(H,21,22,23). The van der Waals surface area contributed by atoms with Crippen molar-refractivity contribution in [3.05, 3.63) is 70.0 Å². The Morgan fingerprint density at radius 3 is 2.44 bits per heavy atom. The van der Waals surface area contributed by atoms with Crippen molar-refractivity contribution in [1.29, 1.82) is 0 Å². The molecule has 0 bridgehead atoms. The van der Waals surface area contributed by atoms with E-state index in [4.69, 9.17) is 16.7 Å². The summed E-state index contributed by atoms with van der Waals surface area (Å²) in [5.41, 5.74) is 1.69. The number of nitrogens with one attached hydrogen (secondary N) is 1. The Bertz CT molecular complexity index is 1330. The van der Waals surface area contributed by atoms with E-state index in [1.165, 1.54) is 23.5 Å². The normalized spacial score (nSPS) is 11.8. The van der Waals surface area contributed by atoms with Crippen LogP contribution in [0.5, 0.6) is 0 Å². The molecule has 4 rings (SSSR count). The highest BCUT2D eigenvalue weighted by Crippen LogP contribution is 2.35. The molecule has 2 heterocycles. The number of H-pyrrole nitrogens is 1. The third kappa shape index (κ3) is 3.40. The fourth-order valence-corrected chi connectivity index (χ4v) is 4.51. The number of halogens is 1. The molecule has 0 aliphatic heterocycles. The first-order valence-electron chi connectivity index (χ1n) is 7.75. The van der Waals surface area contributed by atoms with Gasteiger partial charge in [-0.25, -0.2) is 18.5 Å². The van der Waals surface area contributed by atoms with Crippen LogP contribution in [0.15, 0.2) is 64.3 Å². The van der Waals surface area contributed by atoms with Crippen LogP contribution in [-0.2, 0) is 10.0 Å². The molecule has 6 nitrogen and oxygen atoms in total. The monoisotopic (exact) mass is 417 g/mol. The lowest BCUT2D eigenvalue weighted by molar-refractivity contribution is 0.598. The SMILES string of the molecule is NS(=O)(=O)c1ccc(-c2nc3cc(-c4ccccc4Cl)sc3c(=O)[nH]2)cc1. The first-order valence-corrected chi connectivity index (χ1v) is 10.5. The number of hydrogen-bond acceptors (Lipinski definition) is 5. The van der Waals surface area contributed by atoms with Gasteiger partial charge in [-0.2, -0.15) is 0 Å². The Labute approximate surface area is 163 Å². The summed E-state index contributed by atoms with van der Waals surface area (Å²) in [5, 5.41) is 5.70. The summed E-state index contributed by atoms with van der Waals surface area (Å²) >= 11 is 7.56. The lowest BCUT2D eigenvalue weighted by Gasteiger charge is -2.02. The van der Waals surface area contributed by atoms with Crippen molar-refractivity contribution >= 4 is 43.2 Å². The Morgan fingerprint density at radius 1 is 1.07 bits per heavy atom. The average Bonchev–Trinajstić information content (AvgIpc) is 3.06. The predicted octanol–water partition coefficient (Wildman–Crippen LogP) is 3.62. The summed E-state index contributed by atoms with van der Waals surface area (Å²) in [7, 11) is -3.78. The van der Waals surface area contributed by atoms with E-state index in [-0.39, 0.29) is 10.5 Å². The second-order valence-corrected chi connectivity index (χ2v) is 8.81. The number of primary sulfonamides is 1. The molecule has 0 fully saturated rings. The number of aromatic amines is 1. The molecule has 0 amide bonds. The van der Waals surface area contributed by atoms with Crippen LogP contribution in [0, 0.1) is 0 Å². The highest BCUT2D eigenvalue weighted by molar-refractivity contribution is 7.89. The van der Waals surface area contributed by atoms with Gasteiger partial charge in [0.25, 0.3) is 5.56 Å². The molecule has 3 N–H and O–H groups in total. The smallest absolute Gasteiger partial charge is 0.269 e. The number of benzene rings is 2. The van der Waals surface area contributed by atoms with Crippen LogP contribution in [0.25, 0.3) is 32.0 Å².